The zero-order valence-corrected chi connectivity index (χ0v) is 15.8. The zero-order valence-electron chi connectivity index (χ0n) is 15.8. The average Bonchev–Trinajstić information content (AvgIpc) is 3.27. The number of nitrogens with zero attached hydrogens (tertiary/aromatic N) is 2. The smallest absolute Gasteiger partial charge is 0.191 e. The molecule has 0 fully saturated rings. The first-order valence-corrected chi connectivity index (χ1v) is 9.52. The van der Waals surface area contributed by atoms with Crippen molar-refractivity contribution in [1.82, 2.24) is 20.8 Å². The second-order valence-corrected chi connectivity index (χ2v) is 6.60. The highest BCUT2D eigenvalue weighted by molar-refractivity contribution is 5.79. The summed E-state index contributed by atoms with van der Waals surface area (Å²) in [5.41, 5.74) is 5.10. The van der Waals surface area contributed by atoms with Crippen molar-refractivity contribution in [1.29, 1.82) is 0 Å². The van der Waals surface area contributed by atoms with Gasteiger partial charge in [-0.15, -0.1) is 0 Å². The van der Waals surface area contributed by atoms with Crippen molar-refractivity contribution in [3.63, 3.8) is 0 Å². The lowest BCUT2D eigenvalue weighted by Crippen LogP contribution is -2.38. The normalized spacial score (nSPS) is 13.4. The topological polar surface area (TPSA) is 74.3 Å². The number of benzene rings is 1. The molecule has 6 nitrogen and oxygen atoms in total. The Morgan fingerprint density at radius 3 is 3.04 bits per heavy atom. The minimum atomic E-state index is 0.802. The van der Waals surface area contributed by atoms with E-state index in [1.54, 1.807) is 0 Å². The summed E-state index contributed by atoms with van der Waals surface area (Å²) in [6.45, 7) is 7.49. The van der Waals surface area contributed by atoms with Gasteiger partial charge < -0.3 is 15.4 Å². The molecule has 0 aliphatic carbocycles. The number of guanidine groups is 1. The van der Waals surface area contributed by atoms with E-state index in [9.17, 15) is 0 Å². The Morgan fingerprint density at radius 2 is 2.23 bits per heavy atom. The summed E-state index contributed by atoms with van der Waals surface area (Å²) in [5, 5.41) is 13.8. The number of hydrogen-bond donors (Lipinski definition) is 3. The number of aromatic nitrogens is 2. The highest BCUT2D eigenvalue weighted by atomic mass is 16.5. The van der Waals surface area contributed by atoms with Crippen molar-refractivity contribution in [3.8, 4) is 5.75 Å². The van der Waals surface area contributed by atoms with Gasteiger partial charge in [-0.25, -0.2) is 0 Å². The van der Waals surface area contributed by atoms with Crippen molar-refractivity contribution in [2.45, 2.75) is 39.5 Å². The molecular formula is C20H29N5O. The Hall–Kier alpha value is -2.50. The van der Waals surface area contributed by atoms with Crippen molar-refractivity contribution in [2.24, 2.45) is 4.99 Å². The summed E-state index contributed by atoms with van der Waals surface area (Å²) in [5.74, 6) is 1.94. The fourth-order valence-corrected chi connectivity index (χ4v) is 3.15. The molecule has 3 N–H and O–H groups in total. The lowest BCUT2D eigenvalue weighted by molar-refractivity contribution is 0.357. The Morgan fingerprint density at radius 1 is 1.31 bits per heavy atom. The Bertz CT molecular complexity index is 738. The number of hydrogen-bond acceptors (Lipinski definition) is 3. The molecule has 2 heterocycles. The molecule has 26 heavy (non-hydrogen) atoms. The third-order valence-corrected chi connectivity index (χ3v) is 4.61. The minimum absolute atomic E-state index is 0.802. The summed E-state index contributed by atoms with van der Waals surface area (Å²) in [6.07, 6.45) is 5.93. The van der Waals surface area contributed by atoms with Crippen LogP contribution in [0.25, 0.3) is 0 Å². The fraction of sp³-hybridized carbons (Fsp3) is 0.500. The molecule has 0 radical (unpaired) electrons. The monoisotopic (exact) mass is 355 g/mol. The van der Waals surface area contributed by atoms with Crippen LogP contribution in [0.2, 0.25) is 0 Å². The van der Waals surface area contributed by atoms with Gasteiger partial charge in [0.25, 0.3) is 0 Å². The van der Waals surface area contributed by atoms with Crippen molar-refractivity contribution in [2.75, 3.05) is 26.2 Å². The first-order valence-electron chi connectivity index (χ1n) is 9.52. The summed E-state index contributed by atoms with van der Waals surface area (Å²) in [6, 6.07) is 6.51. The van der Waals surface area contributed by atoms with Crippen LogP contribution in [0.5, 0.6) is 5.75 Å². The summed E-state index contributed by atoms with van der Waals surface area (Å²) in [4.78, 5) is 4.68. The van der Waals surface area contributed by atoms with Gasteiger partial charge in [0, 0.05) is 31.7 Å². The number of ether oxygens (including phenoxy) is 1. The molecule has 0 spiro atoms. The van der Waals surface area contributed by atoms with Crippen molar-refractivity contribution >= 4 is 5.96 Å². The molecular weight excluding hydrogens is 326 g/mol. The highest BCUT2D eigenvalue weighted by Gasteiger charge is 2.11. The lowest BCUT2D eigenvalue weighted by atomic mass is 10.1. The van der Waals surface area contributed by atoms with Crippen molar-refractivity contribution in [3.05, 3.63) is 46.8 Å². The van der Waals surface area contributed by atoms with Gasteiger partial charge in [-0.05, 0) is 55.9 Å². The van der Waals surface area contributed by atoms with Gasteiger partial charge in [0.05, 0.1) is 12.8 Å². The van der Waals surface area contributed by atoms with E-state index in [1.165, 1.54) is 16.7 Å². The molecule has 1 aromatic carbocycles. The van der Waals surface area contributed by atoms with E-state index in [0.717, 1.165) is 69.3 Å². The number of nitrogens with one attached hydrogen (secondary N) is 3. The van der Waals surface area contributed by atoms with Crippen LogP contribution in [0.1, 0.15) is 35.7 Å². The third kappa shape index (κ3) is 5.00. The first-order chi connectivity index (χ1) is 12.8. The highest BCUT2D eigenvalue weighted by Crippen LogP contribution is 2.25. The van der Waals surface area contributed by atoms with Gasteiger partial charge in [-0.2, -0.15) is 5.10 Å². The Balaban J connectivity index is 1.43. The molecule has 140 valence electrons. The van der Waals surface area contributed by atoms with Gasteiger partial charge in [-0.3, -0.25) is 10.1 Å². The molecule has 0 saturated carbocycles. The molecule has 0 saturated heterocycles. The second-order valence-electron chi connectivity index (χ2n) is 6.60. The maximum absolute atomic E-state index is 5.57. The molecule has 0 unspecified atom stereocenters. The largest absolute Gasteiger partial charge is 0.493 e. The van der Waals surface area contributed by atoms with E-state index in [2.05, 4.69) is 57.9 Å². The first kappa shape index (κ1) is 18.3. The van der Waals surface area contributed by atoms with Gasteiger partial charge in [0.2, 0.25) is 0 Å². The van der Waals surface area contributed by atoms with Crippen LogP contribution in [0.4, 0.5) is 0 Å². The molecule has 0 atom stereocenters. The number of aromatic amines is 1. The Kier molecular flexibility index (Phi) is 6.52. The zero-order chi connectivity index (χ0) is 18.2. The molecule has 1 aliphatic heterocycles. The fourth-order valence-electron chi connectivity index (χ4n) is 3.15. The molecule has 2 aromatic rings. The average molecular weight is 355 g/mol. The Labute approximate surface area is 155 Å². The van der Waals surface area contributed by atoms with Crippen molar-refractivity contribution < 1.29 is 4.74 Å². The maximum Gasteiger partial charge on any atom is 0.191 e. The van der Waals surface area contributed by atoms with Gasteiger partial charge in [0.1, 0.15) is 5.75 Å². The van der Waals surface area contributed by atoms with Crippen LogP contribution >= 0.6 is 0 Å². The van der Waals surface area contributed by atoms with Crippen LogP contribution < -0.4 is 15.4 Å². The molecule has 0 bridgehead atoms. The van der Waals surface area contributed by atoms with Gasteiger partial charge >= 0.3 is 0 Å². The molecule has 6 heteroatoms. The lowest BCUT2D eigenvalue weighted by Gasteiger charge is -2.11. The number of fused-ring (bicyclic) bond motifs is 1. The van der Waals surface area contributed by atoms with Crippen LogP contribution in [0.15, 0.2) is 29.4 Å². The quantitative estimate of drug-likeness (QED) is 0.386. The van der Waals surface area contributed by atoms with Crippen LogP contribution in [0.3, 0.4) is 0 Å². The maximum atomic E-state index is 5.57. The predicted molar refractivity (Wildman–Crippen MR) is 105 cm³/mol. The number of aryl methyl sites for hydroxylation is 2. The molecule has 3 rings (SSSR count). The van der Waals surface area contributed by atoms with Gasteiger partial charge in [-0.1, -0.05) is 12.1 Å². The van der Waals surface area contributed by atoms with Crippen LogP contribution in [-0.2, 0) is 19.3 Å². The number of aliphatic imine (C=N–C) groups is 1. The van der Waals surface area contributed by atoms with E-state index in [0.29, 0.717) is 0 Å². The van der Waals surface area contributed by atoms with Crippen LogP contribution in [0, 0.1) is 6.92 Å². The van der Waals surface area contributed by atoms with E-state index in [-0.39, 0.29) is 0 Å². The second kappa shape index (κ2) is 9.27. The third-order valence-electron chi connectivity index (χ3n) is 4.61. The summed E-state index contributed by atoms with van der Waals surface area (Å²) >= 11 is 0. The molecule has 0 amide bonds. The summed E-state index contributed by atoms with van der Waals surface area (Å²) in [7, 11) is 0. The minimum Gasteiger partial charge on any atom is -0.493 e. The van der Waals surface area contributed by atoms with E-state index in [4.69, 9.17) is 4.74 Å². The van der Waals surface area contributed by atoms with E-state index >= 15 is 0 Å². The number of H-pyrrole nitrogens is 1. The van der Waals surface area contributed by atoms with Crippen LogP contribution in [-0.4, -0.2) is 42.4 Å². The number of rotatable bonds is 8. The molecule has 1 aromatic heterocycles. The molecule has 1 aliphatic rings. The summed E-state index contributed by atoms with van der Waals surface area (Å²) < 4.78 is 5.57. The standard InChI is InChI=1S/C20H29N5O/c1-3-21-20(22-10-4-5-18-14-24-25-15(18)2)23-11-8-16-6-7-19-17(13-16)9-12-26-19/h6-7,13-14H,3-5,8-12H2,1-2H3,(H,24,25)(H2,21,22,23). The van der Waals surface area contributed by atoms with Gasteiger partial charge in [0.15, 0.2) is 5.96 Å². The van der Waals surface area contributed by atoms with E-state index < -0.39 is 0 Å². The predicted octanol–water partition coefficient (Wildman–Crippen LogP) is 2.38. The SMILES string of the molecule is CCNC(=NCCCc1cn[nH]c1C)NCCc1ccc2c(c1)CCO2. The van der Waals surface area contributed by atoms with E-state index in [1.807, 2.05) is 6.20 Å².